The van der Waals surface area contributed by atoms with Crippen LogP contribution in [0.4, 0.5) is 0 Å². The zero-order valence-electron chi connectivity index (χ0n) is 12.0. The molecule has 0 aliphatic rings. The second-order valence-electron chi connectivity index (χ2n) is 4.55. The number of esters is 1. The van der Waals surface area contributed by atoms with Crippen molar-refractivity contribution in [3.8, 4) is 5.75 Å². The molecule has 0 aliphatic heterocycles. The number of methoxy groups -OCH3 is 1. The van der Waals surface area contributed by atoms with E-state index < -0.39 is 39.8 Å². The lowest BCUT2D eigenvalue weighted by molar-refractivity contribution is -0.158. The van der Waals surface area contributed by atoms with Crippen LogP contribution < -0.4 is 27.2 Å². The maximum Gasteiger partial charge on any atom is 0.354 e. The number of aromatic nitrogens is 4. The van der Waals surface area contributed by atoms with Crippen molar-refractivity contribution in [1.82, 2.24) is 19.9 Å². The van der Waals surface area contributed by atoms with Crippen LogP contribution in [0.2, 0.25) is 0 Å². The summed E-state index contributed by atoms with van der Waals surface area (Å²) in [6.45, 7) is 1.17. The Labute approximate surface area is 126 Å². The predicted molar refractivity (Wildman–Crippen MR) is 75.4 cm³/mol. The second kappa shape index (κ2) is 5.79. The van der Waals surface area contributed by atoms with E-state index in [0.717, 1.165) is 19.5 Å². The highest BCUT2D eigenvalue weighted by Gasteiger charge is 2.42. The molecule has 0 fully saturated rings. The summed E-state index contributed by atoms with van der Waals surface area (Å²) in [6.07, 6.45) is 1.90. The molecule has 0 aromatic carbocycles. The molecule has 4 N–H and O–H groups in total. The summed E-state index contributed by atoms with van der Waals surface area (Å²) in [5.41, 5.74) is -5.71. The Hall–Kier alpha value is -3.37. The summed E-state index contributed by atoms with van der Waals surface area (Å²) >= 11 is 0. The average Bonchev–Trinajstić information content (AvgIpc) is 2.49. The van der Waals surface area contributed by atoms with Crippen LogP contribution in [0.1, 0.15) is 12.5 Å². The third kappa shape index (κ3) is 2.97. The minimum absolute atomic E-state index is 0.297. The monoisotopic (exact) mass is 324 g/mol. The van der Waals surface area contributed by atoms with Gasteiger partial charge in [-0.15, -0.1) is 0 Å². The molecule has 0 saturated heterocycles. The molecule has 0 amide bonds. The molecule has 0 spiro atoms. The van der Waals surface area contributed by atoms with E-state index in [1.165, 1.54) is 6.92 Å². The molecule has 0 radical (unpaired) electrons. The van der Waals surface area contributed by atoms with Gasteiger partial charge in [-0.3, -0.25) is 19.6 Å². The quantitative estimate of drug-likeness (QED) is 0.467. The van der Waals surface area contributed by atoms with E-state index in [-0.39, 0.29) is 5.56 Å². The van der Waals surface area contributed by atoms with Crippen LogP contribution in [-0.4, -0.2) is 33.0 Å². The highest BCUT2D eigenvalue weighted by atomic mass is 16.6. The number of nitrogens with one attached hydrogen (secondary N) is 4. The molecule has 0 saturated carbocycles. The lowest BCUT2D eigenvalue weighted by Crippen LogP contribution is -2.46. The van der Waals surface area contributed by atoms with Crippen LogP contribution >= 0.6 is 0 Å². The summed E-state index contributed by atoms with van der Waals surface area (Å²) < 4.78 is 9.91. The molecule has 122 valence electrons. The van der Waals surface area contributed by atoms with Gasteiger partial charge in [-0.25, -0.2) is 14.4 Å². The first kappa shape index (κ1) is 16.0. The summed E-state index contributed by atoms with van der Waals surface area (Å²) in [6, 6.07) is 0. The summed E-state index contributed by atoms with van der Waals surface area (Å²) in [4.78, 5) is 66.0. The van der Waals surface area contributed by atoms with E-state index in [9.17, 15) is 24.0 Å². The van der Waals surface area contributed by atoms with Crippen molar-refractivity contribution < 1.29 is 14.3 Å². The molecule has 2 aromatic heterocycles. The molecule has 1 atom stereocenters. The van der Waals surface area contributed by atoms with Crippen molar-refractivity contribution in [1.29, 1.82) is 0 Å². The Balaban J connectivity index is 2.62. The molecule has 2 aromatic rings. The Kier molecular flexibility index (Phi) is 4.03. The van der Waals surface area contributed by atoms with Gasteiger partial charge in [0, 0.05) is 6.20 Å². The summed E-state index contributed by atoms with van der Waals surface area (Å²) in [5, 5.41) is 0. The van der Waals surface area contributed by atoms with Crippen LogP contribution in [0.3, 0.4) is 0 Å². The topological polar surface area (TPSA) is 167 Å². The average molecular weight is 324 g/mol. The molecule has 1 unspecified atom stereocenters. The molecule has 0 aliphatic carbocycles. The number of carbonyl (C=O) groups excluding carboxylic acids is 1. The van der Waals surface area contributed by atoms with Gasteiger partial charge in [-0.05, 0) is 6.92 Å². The maximum atomic E-state index is 12.1. The number of ether oxygens (including phenoxy) is 2. The van der Waals surface area contributed by atoms with Crippen molar-refractivity contribution in [2.45, 2.75) is 12.5 Å². The SMILES string of the molecule is COC(=O)C(C)(Oc1c[nH]c(=O)[nH]c1=O)c1c[nH]c(=O)[nH]c1=O. The van der Waals surface area contributed by atoms with Crippen LogP contribution in [0, 0.1) is 0 Å². The first-order valence-electron chi connectivity index (χ1n) is 6.20. The van der Waals surface area contributed by atoms with E-state index in [1.807, 2.05) is 9.97 Å². The Bertz CT molecular complexity index is 966. The minimum Gasteiger partial charge on any atom is -0.466 e. The second-order valence-corrected chi connectivity index (χ2v) is 4.55. The zero-order chi connectivity index (χ0) is 17.2. The third-order valence-electron chi connectivity index (χ3n) is 3.01. The van der Waals surface area contributed by atoms with Crippen molar-refractivity contribution in [3.63, 3.8) is 0 Å². The van der Waals surface area contributed by atoms with Gasteiger partial charge in [-0.1, -0.05) is 0 Å². The third-order valence-corrected chi connectivity index (χ3v) is 3.01. The van der Waals surface area contributed by atoms with Gasteiger partial charge in [-0.2, -0.15) is 0 Å². The van der Waals surface area contributed by atoms with Gasteiger partial charge in [0.25, 0.3) is 11.1 Å². The number of carbonyl (C=O) groups is 1. The van der Waals surface area contributed by atoms with Gasteiger partial charge in [0.15, 0.2) is 0 Å². The smallest absolute Gasteiger partial charge is 0.354 e. The predicted octanol–water partition coefficient (Wildman–Crippen LogP) is -2.09. The van der Waals surface area contributed by atoms with Crippen LogP contribution in [0.25, 0.3) is 0 Å². The fourth-order valence-electron chi connectivity index (χ4n) is 1.86. The van der Waals surface area contributed by atoms with Crippen LogP contribution in [0.5, 0.6) is 5.75 Å². The molecule has 23 heavy (non-hydrogen) atoms. The van der Waals surface area contributed by atoms with Gasteiger partial charge in [0.05, 0.1) is 18.9 Å². The standard InChI is InChI=1S/C12H12N4O7/c1-12(9(19)22-2,5-3-13-10(20)15-7(5)17)23-6-4-14-11(21)16-8(6)18/h3-4H,1-2H3,(H2,13,15,17,20)(H2,14,16,18,21). The number of rotatable bonds is 4. The Morgan fingerprint density at radius 2 is 1.57 bits per heavy atom. The lowest BCUT2D eigenvalue weighted by Gasteiger charge is -2.26. The van der Waals surface area contributed by atoms with Crippen molar-refractivity contribution >= 4 is 5.97 Å². The van der Waals surface area contributed by atoms with E-state index in [1.54, 1.807) is 0 Å². The van der Waals surface area contributed by atoms with E-state index in [2.05, 4.69) is 14.7 Å². The lowest BCUT2D eigenvalue weighted by atomic mass is 9.98. The van der Waals surface area contributed by atoms with E-state index in [0.29, 0.717) is 0 Å². The molecule has 2 rings (SSSR count). The number of aromatic amines is 4. The largest absolute Gasteiger partial charge is 0.466 e. The molecule has 0 bridgehead atoms. The minimum atomic E-state index is -2.04. The zero-order valence-corrected chi connectivity index (χ0v) is 12.0. The Morgan fingerprint density at radius 1 is 1.00 bits per heavy atom. The maximum absolute atomic E-state index is 12.1. The molecule has 2 heterocycles. The van der Waals surface area contributed by atoms with Gasteiger partial charge >= 0.3 is 17.3 Å². The van der Waals surface area contributed by atoms with E-state index in [4.69, 9.17) is 4.74 Å². The van der Waals surface area contributed by atoms with Gasteiger partial charge < -0.3 is 19.4 Å². The first-order chi connectivity index (χ1) is 10.8. The Morgan fingerprint density at radius 3 is 2.09 bits per heavy atom. The number of hydrogen-bond acceptors (Lipinski definition) is 7. The molecular formula is C12H12N4O7. The van der Waals surface area contributed by atoms with Crippen LogP contribution in [0.15, 0.2) is 31.6 Å². The fourth-order valence-corrected chi connectivity index (χ4v) is 1.86. The first-order valence-corrected chi connectivity index (χ1v) is 6.20. The van der Waals surface area contributed by atoms with E-state index >= 15 is 0 Å². The van der Waals surface area contributed by atoms with Gasteiger partial charge in [0.2, 0.25) is 11.4 Å². The van der Waals surface area contributed by atoms with Crippen LogP contribution in [-0.2, 0) is 15.1 Å². The highest BCUT2D eigenvalue weighted by molar-refractivity contribution is 5.81. The number of hydrogen-bond donors (Lipinski definition) is 4. The molecule has 11 heteroatoms. The normalized spacial score (nSPS) is 13.1. The summed E-state index contributed by atoms with van der Waals surface area (Å²) in [5.74, 6) is -1.43. The fraction of sp³-hybridized carbons (Fsp3) is 0.250. The number of H-pyrrole nitrogens is 4. The van der Waals surface area contributed by atoms with Crippen molar-refractivity contribution in [2.75, 3.05) is 7.11 Å². The highest BCUT2D eigenvalue weighted by Crippen LogP contribution is 2.24. The van der Waals surface area contributed by atoms with Crippen molar-refractivity contribution in [3.05, 3.63) is 59.6 Å². The van der Waals surface area contributed by atoms with Crippen molar-refractivity contribution in [2.24, 2.45) is 0 Å². The summed E-state index contributed by atoms with van der Waals surface area (Å²) in [7, 11) is 1.06. The molecular weight excluding hydrogens is 312 g/mol. The van der Waals surface area contributed by atoms with Gasteiger partial charge in [0.1, 0.15) is 0 Å². The molecule has 11 nitrogen and oxygen atoms in total.